The number of ether oxygens (including phenoxy) is 1. The van der Waals surface area contributed by atoms with Gasteiger partial charge in [-0.05, 0) is 37.3 Å². The average Bonchev–Trinajstić information content (AvgIpc) is 2.89. The van der Waals surface area contributed by atoms with Crippen LogP contribution in [0.4, 0.5) is 22.0 Å². The monoisotopic (exact) mass is 512 g/mol. The Kier molecular flexibility index (Phi) is 6.88. The summed E-state index contributed by atoms with van der Waals surface area (Å²) >= 11 is 6.34. The largest absolute Gasteiger partial charge is 0.478 e. The van der Waals surface area contributed by atoms with E-state index in [0.29, 0.717) is 62.7 Å². The summed E-state index contributed by atoms with van der Waals surface area (Å²) < 4.78 is 19.1. The van der Waals surface area contributed by atoms with Gasteiger partial charge in [-0.3, -0.25) is 0 Å². The normalized spacial score (nSPS) is 18.4. The number of benzene rings is 1. The van der Waals surface area contributed by atoms with Gasteiger partial charge in [-0.25, -0.2) is 19.2 Å². The van der Waals surface area contributed by atoms with E-state index < -0.39 is 5.97 Å². The van der Waals surface area contributed by atoms with E-state index in [1.54, 1.807) is 12.1 Å². The fourth-order valence-electron chi connectivity index (χ4n) is 4.43. The minimum Gasteiger partial charge on any atom is -0.478 e. The van der Waals surface area contributed by atoms with Gasteiger partial charge < -0.3 is 24.5 Å². The number of pyridine rings is 1. The Bertz CT molecular complexity index is 1250. The Morgan fingerprint density at radius 2 is 1.81 bits per heavy atom. The summed E-state index contributed by atoms with van der Waals surface area (Å²) in [6.07, 6.45) is 1.32. The number of carbonyl (C=O) groups is 1. The number of hydrogen-bond acceptors (Lipinski definition) is 8. The number of piperazine rings is 1. The molecule has 11 heteroatoms. The van der Waals surface area contributed by atoms with Crippen molar-refractivity contribution in [1.82, 2.24) is 15.0 Å². The van der Waals surface area contributed by atoms with E-state index in [9.17, 15) is 9.18 Å². The Morgan fingerprint density at radius 1 is 1.08 bits per heavy atom. The second-order valence-corrected chi connectivity index (χ2v) is 9.25. The lowest BCUT2D eigenvalue weighted by Crippen LogP contribution is -2.48. The summed E-state index contributed by atoms with van der Waals surface area (Å²) in [4.78, 5) is 31.6. The van der Waals surface area contributed by atoms with Gasteiger partial charge in [0.15, 0.2) is 0 Å². The van der Waals surface area contributed by atoms with Gasteiger partial charge in [0.2, 0.25) is 5.95 Å². The number of nitrogens with zero attached hydrogens (tertiary/aromatic N) is 6. The summed E-state index contributed by atoms with van der Waals surface area (Å²) in [7, 11) is 0. The van der Waals surface area contributed by atoms with Gasteiger partial charge in [-0.2, -0.15) is 4.98 Å². The zero-order chi connectivity index (χ0) is 25.2. The van der Waals surface area contributed by atoms with Crippen LogP contribution in [0.5, 0.6) is 0 Å². The Balaban J connectivity index is 1.40. The van der Waals surface area contributed by atoms with Crippen LogP contribution in [0.1, 0.15) is 17.3 Å². The minimum atomic E-state index is -1.06. The second kappa shape index (κ2) is 10.2. The Labute approximate surface area is 213 Å². The molecule has 2 aromatic heterocycles. The van der Waals surface area contributed by atoms with Crippen molar-refractivity contribution in [1.29, 1.82) is 0 Å². The highest BCUT2D eigenvalue weighted by Crippen LogP contribution is 2.29. The SMILES string of the molecule is C[C@@H]1COCCN1c1nc(-c2ccc(F)cc2)cc(N2CCN(c3ncc(C(=O)O)cc3Cl)CC2)n1. The summed E-state index contributed by atoms with van der Waals surface area (Å²) in [5, 5.41) is 9.48. The standard InChI is InChI=1S/C25H26ClFN6O3/c1-16-15-36-11-10-33(16)25-29-21(17-2-4-19(27)5-3-17)13-22(30-25)31-6-8-32(9-7-31)23-20(26)12-18(14-28-23)24(34)35/h2-5,12-14,16H,6-11,15H2,1H3,(H,34,35)/t16-/m1/s1. The number of aromatic nitrogens is 3. The van der Waals surface area contributed by atoms with Crippen molar-refractivity contribution in [2.45, 2.75) is 13.0 Å². The average molecular weight is 513 g/mol. The molecule has 0 spiro atoms. The quantitative estimate of drug-likeness (QED) is 0.550. The number of hydrogen-bond donors (Lipinski definition) is 1. The van der Waals surface area contributed by atoms with Gasteiger partial charge in [0.25, 0.3) is 0 Å². The third-order valence-electron chi connectivity index (χ3n) is 6.44. The molecule has 2 fully saturated rings. The molecule has 0 radical (unpaired) electrons. The molecule has 0 amide bonds. The maximum Gasteiger partial charge on any atom is 0.337 e. The first-order valence-electron chi connectivity index (χ1n) is 11.8. The lowest BCUT2D eigenvalue weighted by molar-refractivity contribution is 0.0696. The number of halogens is 2. The zero-order valence-electron chi connectivity index (χ0n) is 19.8. The molecule has 0 bridgehead atoms. The molecular weight excluding hydrogens is 487 g/mol. The fraction of sp³-hybridized carbons (Fsp3) is 0.360. The maximum atomic E-state index is 13.5. The highest BCUT2D eigenvalue weighted by molar-refractivity contribution is 6.33. The van der Waals surface area contributed by atoms with Crippen LogP contribution in [0.2, 0.25) is 5.02 Å². The van der Waals surface area contributed by atoms with Crippen molar-refractivity contribution in [3.63, 3.8) is 0 Å². The molecule has 5 rings (SSSR count). The Morgan fingerprint density at radius 3 is 2.47 bits per heavy atom. The van der Waals surface area contributed by atoms with Crippen LogP contribution in [0.15, 0.2) is 42.6 Å². The highest BCUT2D eigenvalue weighted by Gasteiger charge is 2.26. The van der Waals surface area contributed by atoms with Gasteiger partial charge in [-0.1, -0.05) is 11.6 Å². The van der Waals surface area contributed by atoms with Gasteiger partial charge in [0.05, 0.1) is 35.5 Å². The maximum absolute atomic E-state index is 13.5. The molecule has 188 valence electrons. The van der Waals surface area contributed by atoms with Crippen molar-refractivity contribution < 1.29 is 19.0 Å². The van der Waals surface area contributed by atoms with E-state index in [2.05, 4.69) is 21.7 Å². The van der Waals surface area contributed by atoms with Crippen LogP contribution in [0, 0.1) is 5.82 Å². The number of carboxylic acids is 1. The van der Waals surface area contributed by atoms with E-state index in [-0.39, 0.29) is 17.4 Å². The molecule has 2 saturated heterocycles. The van der Waals surface area contributed by atoms with E-state index >= 15 is 0 Å². The molecule has 2 aliphatic rings. The topological polar surface area (TPSA) is 94.9 Å². The second-order valence-electron chi connectivity index (χ2n) is 8.84. The van der Waals surface area contributed by atoms with Crippen LogP contribution in [0.25, 0.3) is 11.3 Å². The van der Waals surface area contributed by atoms with Gasteiger partial charge in [-0.15, -0.1) is 0 Å². The van der Waals surface area contributed by atoms with Crippen LogP contribution in [-0.2, 0) is 4.74 Å². The van der Waals surface area contributed by atoms with Crippen molar-refractivity contribution in [2.75, 3.05) is 60.6 Å². The first-order valence-corrected chi connectivity index (χ1v) is 12.1. The number of morpholine rings is 1. The molecular formula is C25H26ClFN6O3. The van der Waals surface area contributed by atoms with E-state index in [1.165, 1.54) is 24.4 Å². The predicted molar refractivity (Wildman–Crippen MR) is 136 cm³/mol. The van der Waals surface area contributed by atoms with Crippen molar-refractivity contribution in [2.24, 2.45) is 0 Å². The third kappa shape index (κ3) is 5.05. The molecule has 1 atom stereocenters. The summed E-state index contributed by atoms with van der Waals surface area (Å²) in [5.74, 6) is 0.623. The fourth-order valence-corrected chi connectivity index (χ4v) is 4.72. The van der Waals surface area contributed by atoms with Crippen LogP contribution < -0.4 is 14.7 Å². The number of aromatic carboxylic acids is 1. The smallest absolute Gasteiger partial charge is 0.337 e. The molecule has 4 heterocycles. The summed E-state index contributed by atoms with van der Waals surface area (Å²) in [6.45, 7) is 6.59. The zero-order valence-corrected chi connectivity index (χ0v) is 20.5. The molecule has 0 unspecified atom stereocenters. The molecule has 3 aromatic rings. The molecule has 0 aliphatic carbocycles. The Hall–Kier alpha value is -3.50. The molecule has 36 heavy (non-hydrogen) atoms. The van der Waals surface area contributed by atoms with Crippen LogP contribution >= 0.6 is 11.6 Å². The number of rotatable bonds is 5. The number of carboxylic acid groups (broad SMARTS) is 1. The lowest BCUT2D eigenvalue weighted by atomic mass is 10.1. The highest BCUT2D eigenvalue weighted by atomic mass is 35.5. The van der Waals surface area contributed by atoms with Crippen LogP contribution in [0.3, 0.4) is 0 Å². The van der Waals surface area contributed by atoms with Gasteiger partial charge in [0, 0.05) is 50.6 Å². The molecule has 2 aliphatic heterocycles. The minimum absolute atomic E-state index is 0.0570. The van der Waals surface area contributed by atoms with E-state index in [1.807, 2.05) is 11.0 Å². The molecule has 1 N–H and O–H groups in total. The van der Waals surface area contributed by atoms with E-state index in [0.717, 1.165) is 17.1 Å². The van der Waals surface area contributed by atoms with E-state index in [4.69, 9.17) is 31.4 Å². The first-order chi connectivity index (χ1) is 17.4. The van der Waals surface area contributed by atoms with Crippen molar-refractivity contribution in [3.8, 4) is 11.3 Å². The van der Waals surface area contributed by atoms with Crippen molar-refractivity contribution >= 4 is 35.2 Å². The lowest BCUT2D eigenvalue weighted by Gasteiger charge is -2.37. The molecule has 0 saturated carbocycles. The molecule has 1 aromatic carbocycles. The van der Waals surface area contributed by atoms with Gasteiger partial charge in [0.1, 0.15) is 17.5 Å². The first kappa shape index (κ1) is 24.2. The summed E-state index contributed by atoms with van der Waals surface area (Å²) in [5.41, 5.74) is 1.60. The molecule has 9 nitrogen and oxygen atoms in total. The summed E-state index contributed by atoms with van der Waals surface area (Å²) in [6, 6.07) is 9.80. The predicted octanol–water partition coefficient (Wildman–Crippen LogP) is 3.58. The number of anilines is 3. The third-order valence-corrected chi connectivity index (χ3v) is 6.72. The van der Waals surface area contributed by atoms with Crippen LogP contribution in [-0.4, -0.2) is 78.0 Å². The van der Waals surface area contributed by atoms with Gasteiger partial charge >= 0.3 is 5.97 Å². The van der Waals surface area contributed by atoms with Crippen molar-refractivity contribution in [3.05, 3.63) is 59.0 Å².